The fourth-order valence-corrected chi connectivity index (χ4v) is 2.77. The van der Waals surface area contributed by atoms with E-state index >= 15 is 0 Å². The Morgan fingerprint density at radius 3 is 2.82 bits per heavy atom. The lowest BCUT2D eigenvalue weighted by atomic mass is 10.0. The normalized spacial score (nSPS) is 24.0. The average Bonchev–Trinajstić information content (AvgIpc) is 2.88. The molecule has 0 saturated carbocycles. The van der Waals surface area contributed by atoms with Gasteiger partial charge in [-0.25, -0.2) is 9.57 Å². The van der Waals surface area contributed by atoms with Crippen LogP contribution in [0.5, 0.6) is 5.75 Å². The molecule has 0 bridgehead atoms. The minimum absolute atomic E-state index is 0.127. The number of esters is 1. The highest BCUT2D eigenvalue weighted by Crippen LogP contribution is 2.38. The molecule has 9 nitrogen and oxygen atoms in total. The van der Waals surface area contributed by atoms with E-state index in [9.17, 15) is 14.9 Å². The first kappa shape index (κ1) is 16.3. The van der Waals surface area contributed by atoms with Gasteiger partial charge >= 0.3 is 5.97 Å². The Morgan fingerprint density at radius 2 is 2.23 bits per heavy atom. The van der Waals surface area contributed by atoms with E-state index in [-0.39, 0.29) is 17.9 Å². The predicted octanol–water partition coefficient (Wildman–Crippen LogP) is 1.83. The minimum atomic E-state index is -1.69. The summed E-state index contributed by atoms with van der Waals surface area (Å²) in [6, 6.07) is 4.15. The van der Waals surface area contributed by atoms with Crippen molar-refractivity contribution in [2.75, 3.05) is 13.7 Å². The fraction of sp³-hybridized carbons (Fsp3) is 0.417. The summed E-state index contributed by atoms with van der Waals surface area (Å²) in [7, 11) is 1.39. The SMILES string of the molecule is CCOC(=O)[C@@H]1OS(=N)O[C@H]1c1ccc(OC)cc1[N+](=O)[O-]. The molecule has 1 aliphatic rings. The van der Waals surface area contributed by atoms with Crippen LogP contribution >= 0.6 is 0 Å². The highest BCUT2D eigenvalue weighted by molar-refractivity contribution is 7.76. The summed E-state index contributed by atoms with van der Waals surface area (Å²) in [4.78, 5) is 22.5. The summed E-state index contributed by atoms with van der Waals surface area (Å²) in [5, 5.41) is 11.2. The number of carbonyl (C=O) groups is 1. The first-order valence-electron chi connectivity index (χ1n) is 6.26. The molecule has 2 rings (SSSR count). The molecule has 3 atom stereocenters. The Bertz CT molecular complexity index is 621. The molecule has 1 N–H and O–H groups in total. The Balaban J connectivity index is 2.42. The monoisotopic (exact) mass is 330 g/mol. The quantitative estimate of drug-likeness (QED) is 0.496. The molecule has 0 aliphatic carbocycles. The summed E-state index contributed by atoms with van der Waals surface area (Å²) in [6.45, 7) is 1.75. The van der Waals surface area contributed by atoms with Crippen LogP contribution in [0.25, 0.3) is 0 Å². The Hall–Kier alpha value is -2.04. The predicted molar refractivity (Wildman–Crippen MR) is 75.1 cm³/mol. The van der Waals surface area contributed by atoms with Gasteiger partial charge in [-0.3, -0.25) is 18.5 Å². The van der Waals surface area contributed by atoms with E-state index in [4.69, 9.17) is 22.6 Å². The number of nitro benzene ring substituents is 1. The number of nitro groups is 1. The Morgan fingerprint density at radius 1 is 1.50 bits per heavy atom. The number of nitrogens with zero attached hydrogens (tertiary/aromatic N) is 1. The number of carbonyl (C=O) groups excluding carboxylic acids is 1. The van der Waals surface area contributed by atoms with Gasteiger partial charge in [-0.2, -0.15) is 0 Å². The smallest absolute Gasteiger partial charge is 0.339 e. The van der Waals surface area contributed by atoms with Gasteiger partial charge in [0.25, 0.3) is 5.69 Å². The van der Waals surface area contributed by atoms with Crippen LogP contribution in [0.2, 0.25) is 0 Å². The van der Waals surface area contributed by atoms with Crippen LogP contribution in [0.15, 0.2) is 18.2 Å². The van der Waals surface area contributed by atoms with Crippen LogP contribution < -0.4 is 4.74 Å². The van der Waals surface area contributed by atoms with Gasteiger partial charge in [0.15, 0.2) is 11.3 Å². The van der Waals surface area contributed by atoms with Crippen molar-refractivity contribution < 1.29 is 27.6 Å². The number of hydrogen-bond donors (Lipinski definition) is 1. The van der Waals surface area contributed by atoms with Crippen molar-refractivity contribution in [1.29, 1.82) is 4.78 Å². The van der Waals surface area contributed by atoms with Crippen LogP contribution in [0.1, 0.15) is 18.6 Å². The summed E-state index contributed by atoms with van der Waals surface area (Å²) in [5.41, 5.74) is -0.146. The molecule has 0 aromatic heterocycles. The van der Waals surface area contributed by atoms with Gasteiger partial charge in [0, 0.05) is 0 Å². The topological polar surface area (TPSA) is 121 Å². The van der Waals surface area contributed by atoms with Gasteiger partial charge in [-0.1, -0.05) is 0 Å². The average molecular weight is 330 g/mol. The third kappa shape index (κ3) is 3.24. The van der Waals surface area contributed by atoms with E-state index in [0.29, 0.717) is 5.75 Å². The molecule has 1 aromatic rings. The number of rotatable bonds is 5. The number of methoxy groups -OCH3 is 1. The van der Waals surface area contributed by atoms with Crippen molar-refractivity contribution in [2.24, 2.45) is 0 Å². The molecule has 0 amide bonds. The molecule has 0 radical (unpaired) electrons. The number of ether oxygens (including phenoxy) is 2. The second-order valence-corrected chi connectivity index (χ2v) is 5.06. The lowest BCUT2D eigenvalue weighted by Gasteiger charge is -2.15. The Labute approximate surface area is 128 Å². The summed E-state index contributed by atoms with van der Waals surface area (Å²) in [5.74, 6) is -0.424. The molecular formula is C12H14N2O7S. The van der Waals surface area contributed by atoms with E-state index in [2.05, 4.69) is 0 Å². The van der Waals surface area contributed by atoms with Gasteiger partial charge in [0.05, 0.1) is 30.3 Å². The molecule has 1 aliphatic heterocycles. The number of benzene rings is 1. The van der Waals surface area contributed by atoms with Gasteiger partial charge in [0.1, 0.15) is 11.9 Å². The number of nitrogens with one attached hydrogen (secondary N) is 1. The third-order valence-electron chi connectivity index (χ3n) is 2.92. The van der Waals surface area contributed by atoms with Crippen molar-refractivity contribution in [1.82, 2.24) is 0 Å². The van der Waals surface area contributed by atoms with Crippen molar-refractivity contribution in [3.05, 3.63) is 33.9 Å². The summed E-state index contributed by atoms with van der Waals surface area (Å²) >= 11 is -1.69. The fourth-order valence-electron chi connectivity index (χ4n) is 1.96. The van der Waals surface area contributed by atoms with Gasteiger partial charge < -0.3 is 9.47 Å². The zero-order valence-corrected chi connectivity index (χ0v) is 12.6. The molecule has 1 heterocycles. The number of hydrogen-bond acceptors (Lipinski definition) is 8. The van der Waals surface area contributed by atoms with Crippen molar-refractivity contribution in [3.8, 4) is 5.75 Å². The summed E-state index contributed by atoms with van der Waals surface area (Å²) < 4.78 is 27.6. The molecular weight excluding hydrogens is 316 g/mol. The molecule has 1 saturated heterocycles. The first-order valence-corrected chi connectivity index (χ1v) is 7.34. The van der Waals surface area contributed by atoms with E-state index < -0.39 is 34.4 Å². The molecule has 10 heteroatoms. The van der Waals surface area contributed by atoms with Gasteiger partial charge in [-0.05, 0) is 19.1 Å². The zero-order chi connectivity index (χ0) is 16.3. The van der Waals surface area contributed by atoms with Crippen molar-refractivity contribution in [3.63, 3.8) is 0 Å². The van der Waals surface area contributed by atoms with Crippen LogP contribution in [0.4, 0.5) is 5.69 Å². The van der Waals surface area contributed by atoms with Crippen LogP contribution in [-0.4, -0.2) is 30.7 Å². The van der Waals surface area contributed by atoms with Crippen LogP contribution in [0, 0.1) is 14.9 Å². The third-order valence-corrected chi connectivity index (χ3v) is 3.68. The lowest BCUT2D eigenvalue weighted by Crippen LogP contribution is -2.28. The van der Waals surface area contributed by atoms with E-state index in [1.54, 1.807) is 6.92 Å². The maximum Gasteiger partial charge on any atom is 0.339 e. The minimum Gasteiger partial charge on any atom is -0.497 e. The summed E-state index contributed by atoms with van der Waals surface area (Å²) in [6.07, 6.45) is -2.29. The highest BCUT2D eigenvalue weighted by Gasteiger charge is 2.44. The lowest BCUT2D eigenvalue weighted by molar-refractivity contribution is -0.386. The second kappa shape index (κ2) is 6.81. The van der Waals surface area contributed by atoms with Crippen molar-refractivity contribution in [2.45, 2.75) is 19.1 Å². The van der Waals surface area contributed by atoms with Gasteiger partial charge in [0.2, 0.25) is 6.10 Å². The van der Waals surface area contributed by atoms with Crippen LogP contribution in [0.3, 0.4) is 0 Å². The molecule has 0 spiro atoms. The van der Waals surface area contributed by atoms with E-state index in [0.717, 1.165) is 0 Å². The maximum absolute atomic E-state index is 11.9. The van der Waals surface area contributed by atoms with E-state index in [1.165, 1.54) is 25.3 Å². The maximum atomic E-state index is 11.9. The zero-order valence-electron chi connectivity index (χ0n) is 11.8. The molecule has 120 valence electrons. The molecule has 1 unspecified atom stereocenters. The second-order valence-electron chi connectivity index (χ2n) is 4.20. The van der Waals surface area contributed by atoms with Crippen molar-refractivity contribution >= 4 is 22.9 Å². The molecule has 22 heavy (non-hydrogen) atoms. The Kier molecular flexibility index (Phi) is 5.06. The van der Waals surface area contributed by atoms with E-state index in [1.807, 2.05) is 0 Å². The molecule has 1 fully saturated rings. The molecule has 1 aromatic carbocycles. The first-order chi connectivity index (χ1) is 10.5. The van der Waals surface area contributed by atoms with Crippen LogP contribution in [-0.2, 0) is 29.2 Å². The van der Waals surface area contributed by atoms with Gasteiger partial charge in [-0.15, -0.1) is 0 Å². The highest BCUT2D eigenvalue weighted by atomic mass is 32.2. The standard InChI is InChI=1S/C12H14N2O7S/c1-3-19-12(15)11-10(20-22(13)21-11)8-5-4-7(18-2)6-9(8)14(16)17/h4-6,10-11,13H,3H2,1-2H3/t10-,11+,22?/m0/s1. The largest absolute Gasteiger partial charge is 0.497 e.